The summed E-state index contributed by atoms with van der Waals surface area (Å²) < 4.78 is 5.35. The normalized spacial score (nSPS) is 12.7. The zero-order valence-corrected chi connectivity index (χ0v) is 8.10. The molecule has 0 amide bonds. The van der Waals surface area contributed by atoms with Crippen LogP contribution in [0.5, 0.6) is 0 Å². The maximum atomic E-state index is 5.88. The van der Waals surface area contributed by atoms with E-state index >= 15 is 0 Å². The average Bonchev–Trinajstić information content (AvgIpc) is 2.70. The van der Waals surface area contributed by atoms with E-state index in [0.29, 0.717) is 0 Å². The van der Waals surface area contributed by atoms with E-state index < -0.39 is 0 Å². The van der Waals surface area contributed by atoms with Gasteiger partial charge in [-0.1, -0.05) is 24.3 Å². The van der Waals surface area contributed by atoms with Gasteiger partial charge in [-0.2, -0.15) is 0 Å². The minimum atomic E-state index is 0.0244. The van der Waals surface area contributed by atoms with Gasteiger partial charge in [0.15, 0.2) is 0 Å². The van der Waals surface area contributed by atoms with Gasteiger partial charge in [0.1, 0.15) is 5.76 Å². The van der Waals surface area contributed by atoms with Crippen LogP contribution in [0.15, 0.2) is 47.1 Å². The standard InChI is InChI=1S/C12H13NO/c1-9(13)10-5-2-3-6-11(10)12-7-4-8-14-12/h2-9H,13H2,1H3/t9-/m1/s1. The van der Waals surface area contributed by atoms with E-state index in [1.807, 2.05) is 43.3 Å². The van der Waals surface area contributed by atoms with E-state index in [4.69, 9.17) is 10.2 Å². The molecule has 0 radical (unpaired) electrons. The minimum Gasteiger partial charge on any atom is -0.464 e. The molecule has 2 heteroatoms. The Bertz CT molecular complexity index is 404. The first-order valence-corrected chi connectivity index (χ1v) is 4.67. The van der Waals surface area contributed by atoms with Gasteiger partial charge in [0, 0.05) is 11.6 Å². The molecule has 0 saturated carbocycles. The molecule has 0 unspecified atom stereocenters. The van der Waals surface area contributed by atoms with Crippen LogP contribution in [0.25, 0.3) is 11.3 Å². The molecule has 14 heavy (non-hydrogen) atoms. The van der Waals surface area contributed by atoms with Crippen molar-refractivity contribution in [3.05, 3.63) is 48.2 Å². The third-order valence-corrected chi connectivity index (χ3v) is 2.24. The van der Waals surface area contributed by atoms with E-state index in [1.54, 1.807) is 6.26 Å². The quantitative estimate of drug-likeness (QED) is 0.785. The lowest BCUT2D eigenvalue weighted by Crippen LogP contribution is -2.06. The van der Waals surface area contributed by atoms with E-state index in [0.717, 1.165) is 16.9 Å². The highest BCUT2D eigenvalue weighted by Crippen LogP contribution is 2.27. The van der Waals surface area contributed by atoms with Crippen molar-refractivity contribution in [3.8, 4) is 11.3 Å². The Labute approximate surface area is 83.4 Å². The summed E-state index contributed by atoms with van der Waals surface area (Å²) in [4.78, 5) is 0. The summed E-state index contributed by atoms with van der Waals surface area (Å²) in [6.07, 6.45) is 1.67. The topological polar surface area (TPSA) is 39.2 Å². The molecule has 2 rings (SSSR count). The van der Waals surface area contributed by atoms with Crippen molar-refractivity contribution in [1.29, 1.82) is 0 Å². The summed E-state index contributed by atoms with van der Waals surface area (Å²) in [5.41, 5.74) is 8.07. The van der Waals surface area contributed by atoms with Crippen molar-refractivity contribution < 1.29 is 4.42 Å². The Morgan fingerprint density at radius 1 is 1.14 bits per heavy atom. The molecule has 2 nitrogen and oxygen atoms in total. The minimum absolute atomic E-state index is 0.0244. The molecule has 1 aromatic carbocycles. The van der Waals surface area contributed by atoms with Crippen LogP contribution < -0.4 is 5.73 Å². The number of furan rings is 1. The molecule has 72 valence electrons. The van der Waals surface area contributed by atoms with Crippen LogP contribution in [0.4, 0.5) is 0 Å². The lowest BCUT2D eigenvalue weighted by molar-refractivity contribution is 0.580. The Kier molecular flexibility index (Phi) is 2.37. The van der Waals surface area contributed by atoms with Crippen LogP contribution in [0.2, 0.25) is 0 Å². The SMILES string of the molecule is C[C@@H](N)c1ccccc1-c1ccco1. The zero-order valence-electron chi connectivity index (χ0n) is 8.10. The average molecular weight is 187 g/mol. The van der Waals surface area contributed by atoms with Gasteiger partial charge in [0.2, 0.25) is 0 Å². The maximum Gasteiger partial charge on any atom is 0.134 e. The molecule has 1 aromatic heterocycles. The van der Waals surface area contributed by atoms with Crippen LogP contribution in [0, 0.1) is 0 Å². The highest BCUT2D eigenvalue weighted by molar-refractivity contribution is 5.62. The Morgan fingerprint density at radius 3 is 2.57 bits per heavy atom. The first-order chi connectivity index (χ1) is 6.79. The fourth-order valence-electron chi connectivity index (χ4n) is 1.55. The van der Waals surface area contributed by atoms with Crippen LogP contribution in [-0.2, 0) is 0 Å². The number of rotatable bonds is 2. The zero-order chi connectivity index (χ0) is 9.97. The van der Waals surface area contributed by atoms with Gasteiger partial charge in [-0.15, -0.1) is 0 Å². The highest BCUT2D eigenvalue weighted by atomic mass is 16.3. The summed E-state index contributed by atoms with van der Waals surface area (Å²) in [6.45, 7) is 1.97. The number of hydrogen-bond donors (Lipinski definition) is 1. The maximum absolute atomic E-state index is 5.88. The van der Waals surface area contributed by atoms with Crippen LogP contribution >= 0.6 is 0 Å². The Balaban J connectivity index is 2.53. The van der Waals surface area contributed by atoms with E-state index in [1.165, 1.54) is 0 Å². The van der Waals surface area contributed by atoms with Crippen molar-refractivity contribution in [2.45, 2.75) is 13.0 Å². The molecular formula is C12H13NO. The molecular weight excluding hydrogens is 174 g/mol. The van der Waals surface area contributed by atoms with Gasteiger partial charge in [-0.25, -0.2) is 0 Å². The fraction of sp³-hybridized carbons (Fsp3) is 0.167. The van der Waals surface area contributed by atoms with Gasteiger partial charge in [-0.05, 0) is 24.6 Å². The molecule has 0 aliphatic heterocycles. The molecule has 0 spiro atoms. The van der Waals surface area contributed by atoms with Gasteiger partial charge >= 0.3 is 0 Å². The molecule has 0 aliphatic carbocycles. The van der Waals surface area contributed by atoms with E-state index in [9.17, 15) is 0 Å². The van der Waals surface area contributed by atoms with Crippen LogP contribution in [0.1, 0.15) is 18.5 Å². The Hall–Kier alpha value is -1.54. The summed E-state index contributed by atoms with van der Waals surface area (Å²) in [5, 5.41) is 0. The lowest BCUT2D eigenvalue weighted by atomic mass is 10.0. The lowest BCUT2D eigenvalue weighted by Gasteiger charge is -2.10. The summed E-state index contributed by atoms with van der Waals surface area (Å²) in [5.74, 6) is 0.873. The Morgan fingerprint density at radius 2 is 1.93 bits per heavy atom. The predicted molar refractivity (Wildman–Crippen MR) is 56.7 cm³/mol. The first kappa shape index (κ1) is 9.03. The highest BCUT2D eigenvalue weighted by Gasteiger charge is 2.09. The number of hydrogen-bond acceptors (Lipinski definition) is 2. The molecule has 1 atom stereocenters. The largest absolute Gasteiger partial charge is 0.464 e. The van der Waals surface area contributed by atoms with Gasteiger partial charge < -0.3 is 10.2 Å². The molecule has 2 aromatic rings. The number of benzene rings is 1. The summed E-state index contributed by atoms with van der Waals surface area (Å²) >= 11 is 0. The van der Waals surface area contributed by atoms with Crippen molar-refractivity contribution in [3.63, 3.8) is 0 Å². The van der Waals surface area contributed by atoms with E-state index in [2.05, 4.69) is 0 Å². The molecule has 0 bridgehead atoms. The monoisotopic (exact) mass is 187 g/mol. The molecule has 1 heterocycles. The molecule has 0 saturated heterocycles. The van der Waals surface area contributed by atoms with Crippen molar-refractivity contribution in [2.24, 2.45) is 5.73 Å². The van der Waals surface area contributed by atoms with Crippen molar-refractivity contribution in [2.75, 3.05) is 0 Å². The summed E-state index contributed by atoms with van der Waals surface area (Å²) in [6, 6.07) is 11.9. The molecule has 2 N–H and O–H groups in total. The smallest absolute Gasteiger partial charge is 0.134 e. The van der Waals surface area contributed by atoms with Crippen molar-refractivity contribution in [1.82, 2.24) is 0 Å². The van der Waals surface area contributed by atoms with Crippen LogP contribution in [0.3, 0.4) is 0 Å². The second kappa shape index (κ2) is 3.68. The van der Waals surface area contributed by atoms with Gasteiger partial charge in [0.25, 0.3) is 0 Å². The predicted octanol–water partition coefficient (Wildman–Crippen LogP) is 2.97. The van der Waals surface area contributed by atoms with Gasteiger partial charge in [-0.3, -0.25) is 0 Å². The van der Waals surface area contributed by atoms with E-state index in [-0.39, 0.29) is 6.04 Å². The second-order valence-electron chi connectivity index (χ2n) is 3.35. The van der Waals surface area contributed by atoms with Crippen molar-refractivity contribution >= 4 is 0 Å². The third kappa shape index (κ3) is 1.56. The third-order valence-electron chi connectivity index (χ3n) is 2.24. The molecule has 0 aliphatic rings. The first-order valence-electron chi connectivity index (χ1n) is 4.67. The fourth-order valence-corrected chi connectivity index (χ4v) is 1.55. The van der Waals surface area contributed by atoms with Crippen LogP contribution in [-0.4, -0.2) is 0 Å². The molecule has 0 fully saturated rings. The van der Waals surface area contributed by atoms with Gasteiger partial charge in [0.05, 0.1) is 6.26 Å². The second-order valence-corrected chi connectivity index (χ2v) is 3.35. The number of nitrogens with two attached hydrogens (primary N) is 1. The summed E-state index contributed by atoms with van der Waals surface area (Å²) in [7, 11) is 0.